The second kappa shape index (κ2) is 6.70. The van der Waals surface area contributed by atoms with Crippen molar-refractivity contribution < 1.29 is 9.53 Å². The fraction of sp³-hybridized carbons (Fsp3) is 0.250. The molecule has 1 N–H and O–H groups in total. The Morgan fingerprint density at radius 1 is 1.20 bits per heavy atom. The molecule has 0 saturated carbocycles. The monoisotopic (exact) mass is 270 g/mol. The number of hydrogen-bond acceptors (Lipinski definition) is 3. The molecule has 1 amide bonds. The third-order valence-electron chi connectivity index (χ3n) is 2.98. The Hall–Kier alpha value is -2.36. The Morgan fingerprint density at radius 2 is 1.95 bits per heavy atom. The highest BCUT2D eigenvalue weighted by atomic mass is 16.5. The summed E-state index contributed by atoms with van der Waals surface area (Å²) in [6.07, 6.45) is 2.06. The molecule has 0 aliphatic heterocycles. The summed E-state index contributed by atoms with van der Waals surface area (Å²) >= 11 is 0. The van der Waals surface area contributed by atoms with E-state index in [4.69, 9.17) is 4.74 Å². The first-order chi connectivity index (χ1) is 9.67. The number of benzene rings is 1. The summed E-state index contributed by atoms with van der Waals surface area (Å²) in [5.74, 6) is 0.555. The number of nitrogens with one attached hydrogen (secondary N) is 1. The van der Waals surface area contributed by atoms with Gasteiger partial charge >= 0.3 is 0 Å². The summed E-state index contributed by atoms with van der Waals surface area (Å²) in [5.41, 5.74) is 3.17. The normalized spacial score (nSPS) is 10.1. The number of pyridine rings is 1. The largest absolute Gasteiger partial charge is 0.481 e. The maximum atomic E-state index is 11.9. The summed E-state index contributed by atoms with van der Waals surface area (Å²) in [7, 11) is 1.57. The predicted molar refractivity (Wildman–Crippen MR) is 77.5 cm³/mol. The van der Waals surface area contributed by atoms with Crippen LogP contribution < -0.4 is 10.1 Å². The molecule has 104 valence electrons. The van der Waals surface area contributed by atoms with Crippen LogP contribution in [0.4, 0.5) is 0 Å². The van der Waals surface area contributed by atoms with Crippen molar-refractivity contribution >= 4 is 5.91 Å². The summed E-state index contributed by atoms with van der Waals surface area (Å²) in [6, 6.07) is 11.6. The van der Waals surface area contributed by atoms with Crippen molar-refractivity contribution in [2.45, 2.75) is 19.9 Å². The molecule has 0 aliphatic rings. The van der Waals surface area contributed by atoms with Gasteiger partial charge in [-0.3, -0.25) is 4.79 Å². The van der Waals surface area contributed by atoms with Gasteiger partial charge in [0.25, 0.3) is 0 Å². The summed E-state index contributed by atoms with van der Waals surface area (Å²) < 4.78 is 5.04. The van der Waals surface area contributed by atoms with Crippen LogP contribution in [0.3, 0.4) is 0 Å². The molecule has 0 unspecified atom stereocenters. The SMILES string of the molecule is COc1cc(CNC(=O)Cc2ccc(C)cc2)ccn1. The maximum Gasteiger partial charge on any atom is 0.224 e. The third kappa shape index (κ3) is 4.09. The van der Waals surface area contributed by atoms with Gasteiger partial charge in [-0.25, -0.2) is 4.98 Å². The molecule has 1 heterocycles. The van der Waals surface area contributed by atoms with Crippen LogP contribution in [-0.2, 0) is 17.8 Å². The number of rotatable bonds is 5. The van der Waals surface area contributed by atoms with Gasteiger partial charge in [-0.1, -0.05) is 29.8 Å². The van der Waals surface area contributed by atoms with Crippen molar-refractivity contribution in [2.24, 2.45) is 0 Å². The van der Waals surface area contributed by atoms with Crippen LogP contribution in [0.2, 0.25) is 0 Å². The Balaban J connectivity index is 1.87. The highest BCUT2D eigenvalue weighted by molar-refractivity contribution is 5.78. The molecule has 4 nitrogen and oxygen atoms in total. The molecule has 1 aromatic carbocycles. The molecule has 0 aliphatic carbocycles. The number of aromatic nitrogens is 1. The molecule has 0 saturated heterocycles. The van der Waals surface area contributed by atoms with E-state index in [0.29, 0.717) is 18.8 Å². The fourth-order valence-electron chi connectivity index (χ4n) is 1.83. The van der Waals surface area contributed by atoms with Crippen LogP contribution in [-0.4, -0.2) is 18.0 Å². The lowest BCUT2D eigenvalue weighted by Gasteiger charge is -2.07. The number of methoxy groups -OCH3 is 1. The van der Waals surface area contributed by atoms with E-state index < -0.39 is 0 Å². The number of carbonyl (C=O) groups excluding carboxylic acids is 1. The highest BCUT2D eigenvalue weighted by Crippen LogP contribution is 2.08. The van der Waals surface area contributed by atoms with E-state index in [2.05, 4.69) is 10.3 Å². The molecular formula is C16H18N2O2. The zero-order valence-electron chi connectivity index (χ0n) is 11.7. The van der Waals surface area contributed by atoms with Gasteiger partial charge in [-0.2, -0.15) is 0 Å². The summed E-state index contributed by atoms with van der Waals surface area (Å²) in [4.78, 5) is 15.9. The molecule has 0 radical (unpaired) electrons. The Kier molecular flexibility index (Phi) is 4.71. The van der Waals surface area contributed by atoms with E-state index in [-0.39, 0.29) is 5.91 Å². The van der Waals surface area contributed by atoms with Crippen LogP contribution in [0.15, 0.2) is 42.6 Å². The number of carbonyl (C=O) groups is 1. The van der Waals surface area contributed by atoms with Crippen molar-refractivity contribution in [3.63, 3.8) is 0 Å². The molecule has 2 aromatic rings. The Bertz CT molecular complexity index is 579. The van der Waals surface area contributed by atoms with E-state index in [1.165, 1.54) is 5.56 Å². The minimum absolute atomic E-state index is 0.00429. The van der Waals surface area contributed by atoms with Crippen molar-refractivity contribution in [3.05, 3.63) is 59.3 Å². The average Bonchev–Trinajstić information content (AvgIpc) is 2.48. The van der Waals surface area contributed by atoms with Gasteiger partial charge in [-0.05, 0) is 24.1 Å². The lowest BCUT2D eigenvalue weighted by atomic mass is 10.1. The van der Waals surface area contributed by atoms with E-state index >= 15 is 0 Å². The van der Waals surface area contributed by atoms with Crippen molar-refractivity contribution in [1.29, 1.82) is 0 Å². The Labute approximate surface area is 118 Å². The molecule has 0 atom stereocenters. The van der Waals surface area contributed by atoms with Crippen LogP contribution in [0.5, 0.6) is 5.88 Å². The summed E-state index contributed by atoms with van der Waals surface area (Å²) in [5, 5.41) is 2.89. The van der Waals surface area contributed by atoms with Gasteiger partial charge in [0.1, 0.15) is 0 Å². The van der Waals surface area contributed by atoms with E-state index in [1.807, 2.05) is 43.3 Å². The number of amides is 1. The van der Waals surface area contributed by atoms with E-state index in [1.54, 1.807) is 13.3 Å². The lowest BCUT2D eigenvalue weighted by molar-refractivity contribution is -0.120. The van der Waals surface area contributed by atoms with E-state index in [9.17, 15) is 4.79 Å². The summed E-state index contributed by atoms with van der Waals surface area (Å²) in [6.45, 7) is 2.50. The molecule has 20 heavy (non-hydrogen) atoms. The van der Waals surface area contributed by atoms with Gasteiger partial charge in [-0.15, -0.1) is 0 Å². The predicted octanol–water partition coefficient (Wildman–Crippen LogP) is 2.26. The molecule has 2 rings (SSSR count). The van der Waals surface area contributed by atoms with Gasteiger partial charge in [0, 0.05) is 18.8 Å². The first-order valence-corrected chi connectivity index (χ1v) is 6.48. The standard InChI is InChI=1S/C16H18N2O2/c1-12-3-5-13(6-4-12)9-15(19)18-11-14-7-8-17-16(10-14)20-2/h3-8,10H,9,11H2,1-2H3,(H,18,19). The van der Waals surface area contributed by atoms with Crippen molar-refractivity contribution in [1.82, 2.24) is 10.3 Å². The Morgan fingerprint density at radius 3 is 2.65 bits per heavy atom. The third-order valence-corrected chi connectivity index (χ3v) is 2.98. The lowest BCUT2D eigenvalue weighted by Crippen LogP contribution is -2.24. The number of ether oxygens (including phenoxy) is 1. The van der Waals surface area contributed by atoms with Gasteiger partial charge in [0.05, 0.1) is 13.5 Å². The van der Waals surface area contributed by atoms with Crippen LogP contribution >= 0.6 is 0 Å². The number of aryl methyl sites for hydroxylation is 1. The van der Waals surface area contributed by atoms with Gasteiger partial charge < -0.3 is 10.1 Å². The van der Waals surface area contributed by atoms with E-state index in [0.717, 1.165) is 11.1 Å². The molecular weight excluding hydrogens is 252 g/mol. The van der Waals surface area contributed by atoms with Crippen LogP contribution in [0.25, 0.3) is 0 Å². The number of hydrogen-bond donors (Lipinski definition) is 1. The molecule has 4 heteroatoms. The maximum absolute atomic E-state index is 11.9. The average molecular weight is 270 g/mol. The minimum atomic E-state index is 0.00429. The highest BCUT2D eigenvalue weighted by Gasteiger charge is 2.04. The van der Waals surface area contributed by atoms with Crippen LogP contribution in [0.1, 0.15) is 16.7 Å². The van der Waals surface area contributed by atoms with Crippen molar-refractivity contribution in [3.8, 4) is 5.88 Å². The van der Waals surface area contributed by atoms with Gasteiger partial charge in [0.2, 0.25) is 11.8 Å². The molecule has 1 aromatic heterocycles. The molecule has 0 spiro atoms. The molecule has 0 fully saturated rings. The quantitative estimate of drug-likeness (QED) is 0.906. The number of nitrogens with zero attached hydrogens (tertiary/aromatic N) is 1. The second-order valence-electron chi connectivity index (χ2n) is 4.65. The molecule has 0 bridgehead atoms. The zero-order chi connectivity index (χ0) is 14.4. The minimum Gasteiger partial charge on any atom is -0.481 e. The fourth-order valence-corrected chi connectivity index (χ4v) is 1.83. The zero-order valence-corrected chi connectivity index (χ0v) is 11.7. The van der Waals surface area contributed by atoms with Gasteiger partial charge in [0.15, 0.2) is 0 Å². The first-order valence-electron chi connectivity index (χ1n) is 6.48. The topological polar surface area (TPSA) is 51.2 Å². The second-order valence-corrected chi connectivity index (χ2v) is 4.65. The van der Waals surface area contributed by atoms with Crippen molar-refractivity contribution in [2.75, 3.05) is 7.11 Å². The smallest absolute Gasteiger partial charge is 0.224 e. The van der Waals surface area contributed by atoms with Crippen LogP contribution in [0, 0.1) is 6.92 Å². The first kappa shape index (κ1) is 14.1.